The van der Waals surface area contributed by atoms with Crippen LogP contribution in [0, 0.1) is 23.1 Å². The molecule has 20 heavy (non-hydrogen) atoms. The first-order valence-corrected chi connectivity index (χ1v) is 7.19. The van der Waals surface area contributed by atoms with Gasteiger partial charge in [0.2, 0.25) is 0 Å². The van der Waals surface area contributed by atoms with Crippen molar-refractivity contribution in [1.82, 2.24) is 0 Å². The van der Waals surface area contributed by atoms with Gasteiger partial charge >= 0.3 is 0 Å². The van der Waals surface area contributed by atoms with Crippen LogP contribution in [0.25, 0.3) is 0 Å². The first-order chi connectivity index (χ1) is 9.44. The highest BCUT2D eigenvalue weighted by molar-refractivity contribution is 5.95. The van der Waals surface area contributed by atoms with E-state index in [4.69, 9.17) is 15.9 Å². The Kier molecular flexibility index (Phi) is 4.76. The quantitative estimate of drug-likeness (QED) is 0.654. The molecule has 2 atom stereocenters. The summed E-state index contributed by atoms with van der Waals surface area (Å²) in [6.07, 6.45) is 3.64. The molecule has 3 N–H and O–H groups in total. The normalized spacial score (nSPS) is 26.4. The second-order valence-electron chi connectivity index (χ2n) is 6.11. The van der Waals surface area contributed by atoms with Gasteiger partial charge in [-0.15, -0.1) is 0 Å². The van der Waals surface area contributed by atoms with Gasteiger partial charge in [0.1, 0.15) is 11.7 Å². The van der Waals surface area contributed by atoms with Crippen molar-refractivity contribution in [1.29, 1.82) is 5.41 Å². The molecule has 1 aliphatic rings. The van der Waals surface area contributed by atoms with Crippen LogP contribution in [0.1, 0.15) is 44.2 Å². The second kappa shape index (κ2) is 6.35. The van der Waals surface area contributed by atoms with Crippen molar-refractivity contribution in [3.63, 3.8) is 0 Å². The first kappa shape index (κ1) is 15.0. The summed E-state index contributed by atoms with van der Waals surface area (Å²) < 4.78 is 19.4. The third-order valence-electron chi connectivity index (χ3n) is 3.89. The Labute approximate surface area is 119 Å². The highest BCUT2D eigenvalue weighted by atomic mass is 19.1. The third-order valence-corrected chi connectivity index (χ3v) is 3.89. The molecule has 0 spiro atoms. The molecule has 1 saturated carbocycles. The zero-order chi connectivity index (χ0) is 14.7. The fraction of sp³-hybridized carbons (Fsp3) is 0.562. The number of hydrogen-bond acceptors (Lipinski definition) is 2. The molecule has 1 aliphatic carbocycles. The van der Waals surface area contributed by atoms with Crippen molar-refractivity contribution < 1.29 is 9.13 Å². The average molecular weight is 278 g/mol. The predicted octanol–water partition coefficient (Wildman–Crippen LogP) is 3.45. The Morgan fingerprint density at radius 2 is 1.90 bits per heavy atom. The largest absolute Gasteiger partial charge is 0.384 e. The molecule has 0 saturated heterocycles. The van der Waals surface area contributed by atoms with Gasteiger partial charge in [0.25, 0.3) is 0 Å². The van der Waals surface area contributed by atoms with Crippen LogP contribution >= 0.6 is 0 Å². The van der Waals surface area contributed by atoms with Crippen LogP contribution in [0.5, 0.6) is 0 Å². The van der Waals surface area contributed by atoms with E-state index in [1.54, 1.807) is 6.07 Å². The summed E-state index contributed by atoms with van der Waals surface area (Å²) in [6.45, 7) is 4.88. The predicted molar refractivity (Wildman–Crippen MR) is 78.2 cm³/mol. The zero-order valence-corrected chi connectivity index (χ0v) is 12.2. The van der Waals surface area contributed by atoms with Crippen LogP contribution < -0.4 is 5.73 Å². The van der Waals surface area contributed by atoms with Crippen molar-refractivity contribution >= 4 is 5.84 Å². The standard InChI is InChI=1S/C16H23FN2O/c1-10-3-11(2)5-15(4-10)20-9-12-6-13(16(18)19)8-14(17)7-12/h6-8,10-11,15H,3-5,9H2,1-2H3,(H3,18,19). The lowest BCUT2D eigenvalue weighted by Gasteiger charge is -2.31. The number of nitrogen functional groups attached to an aromatic ring is 1. The fourth-order valence-corrected chi connectivity index (χ4v) is 3.11. The lowest BCUT2D eigenvalue weighted by Crippen LogP contribution is -2.26. The van der Waals surface area contributed by atoms with Crippen LogP contribution in [0.4, 0.5) is 4.39 Å². The van der Waals surface area contributed by atoms with Gasteiger partial charge in [0.15, 0.2) is 0 Å². The van der Waals surface area contributed by atoms with E-state index < -0.39 is 0 Å². The monoisotopic (exact) mass is 278 g/mol. The Hall–Kier alpha value is -1.42. The maximum atomic E-state index is 13.5. The number of amidine groups is 1. The minimum atomic E-state index is -0.373. The van der Waals surface area contributed by atoms with E-state index in [-0.39, 0.29) is 17.8 Å². The summed E-state index contributed by atoms with van der Waals surface area (Å²) in [5, 5.41) is 7.38. The van der Waals surface area contributed by atoms with Crippen molar-refractivity contribution in [2.45, 2.75) is 45.8 Å². The third kappa shape index (κ3) is 4.04. The van der Waals surface area contributed by atoms with E-state index >= 15 is 0 Å². The lowest BCUT2D eigenvalue weighted by molar-refractivity contribution is -0.00924. The minimum Gasteiger partial charge on any atom is -0.384 e. The average Bonchev–Trinajstić information content (AvgIpc) is 2.34. The molecule has 0 aromatic heterocycles. The summed E-state index contributed by atoms with van der Waals surface area (Å²) in [5.74, 6) is 0.875. The molecule has 0 amide bonds. The fourth-order valence-electron chi connectivity index (χ4n) is 3.11. The molecule has 4 heteroatoms. The van der Waals surface area contributed by atoms with Crippen molar-refractivity contribution in [2.24, 2.45) is 17.6 Å². The molecule has 2 unspecified atom stereocenters. The van der Waals surface area contributed by atoms with E-state index in [1.165, 1.54) is 18.6 Å². The maximum absolute atomic E-state index is 13.5. The molecular weight excluding hydrogens is 255 g/mol. The van der Waals surface area contributed by atoms with Crippen molar-refractivity contribution in [3.05, 3.63) is 35.1 Å². The minimum absolute atomic E-state index is 0.120. The Balaban J connectivity index is 1.98. The SMILES string of the molecule is CC1CC(C)CC(OCc2cc(F)cc(C(=N)N)c2)C1. The Morgan fingerprint density at radius 3 is 2.50 bits per heavy atom. The van der Waals surface area contributed by atoms with Gasteiger partial charge in [-0.1, -0.05) is 13.8 Å². The van der Waals surface area contributed by atoms with Gasteiger partial charge in [-0.05, 0) is 54.9 Å². The van der Waals surface area contributed by atoms with Crippen molar-refractivity contribution in [2.75, 3.05) is 0 Å². The number of rotatable bonds is 4. The maximum Gasteiger partial charge on any atom is 0.124 e. The summed E-state index contributed by atoms with van der Waals surface area (Å²) in [7, 11) is 0. The number of ether oxygens (including phenoxy) is 1. The van der Waals surface area contributed by atoms with E-state index in [9.17, 15) is 4.39 Å². The van der Waals surface area contributed by atoms with E-state index in [2.05, 4.69) is 13.8 Å². The molecule has 0 aliphatic heterocycles. The summed E-state index contributed by atoms with van der Waals surface area (Å²) in [6, 6.07) is 4.44. The van der Waals surface area contributed by atoms with Crippen LogP contribution in [0.3, 0.4) is 0 Å². The van der Waals surface area contributed by atoms with Crippen LogP contribution in [-0.2, 0) is 11.3 Å². The smallest absolute Gasteiger partial charge is 0.124 e. The van der Waals surface area contributed by atoms with Crippen LogP contribution in [-0.4, -0.2) is 11.9 Å². The molecule has 1 aromatic rings. The molecule has 3 nitrogen and oxygen atoms in total. The van der Waals surface area contributed by atoms with Crippen LogP contribution in [0.2, 0.25) is 0 Å². The second-order valence-corrected chi connectivity index (χ2v) is 6.11. The molecule has 0 bridgehead atoms. The van der Waals surface area contributed by atoms with E-state index in [0.717, 1.165) is 18.4 Å². The summed E-state index contributed by atoms with van der Waals surface area (Å²) in [5.41, 5.74) is 6.55. The van der Waals surface area contributed by atoms with Gasteiger partial charge in [-0.3, -0.25) is 5.41 Å². The number of benzene rings is 1. The summed E-state index contributed by atoms with van der Waals surface area (Å²) in [4.78, 5) is 0. The molecule has 1 fully saturated rings. The van der Waals surface area contributed by atoms with Crippen LogP contribution in [0.15, 0.2) is 18.2 Å². The molecule has 0 heterocycles. The Bertz CT molecular complexity index is 479. The van der Waals surface area contributed by atoms with Gasteiger partial charge in [-0.2, -0.15) is 0 Å². The van der Waals surface area contributed by atoms with Gasteiger partial charge in [0, 0.05) is 5.56 Å². The molecule has 0 radical (unpaired) electrons. The molecule has 1 aromatic carbocycles. The van der Waals surface area contributed by atoms with E-state index in [0.29, 0.717) is 24.0 Å². The Morgan fingerprint density at radius 1 is 1.25 bits per heavy atom. The highest BCUT2D eigenvalue weighted by Crippen LogP contribution is 2.30. The number of nitrogens with two attached hydrogens (primary N) is 1. The molecule has 110 valence electrons. The number of hydrogen-bond donors (Lipinski definition) is 2. The van der Waals surface area contributed by atoms with Gasteiger partial charge in [0.05, 0.1) is 12.7 Å². The molecule has 2 rings (SSSR count). The van der Waals surface area contributed by atoms with E-state index in [1.807, 2.05) is 0 Å². The number of nitrogens with one attached hydrogen (secondary N) is 1. The topological polar surface area (TPSA) is 59.1 Å². The zero-order valence-electron chi connectivity index (χ0n) is 12.2. The van der Waals surface area contributed by atoms with Gasteiger partial charge in [-0.25, -0.2) is 4.39 Å². The first-order valence-electron chi connectivity index (χ1n) is 7.19. The lowest BCUT2D eigenvalue weighted by atomic mass is 9.82. The number of halogens is 1. The summed E-state index contributed by atoms with van der Waals surface area (Å²) >= 11 is 0. The highest BCUT2D eigenvalue weighted by Gasteiger charge is 2.24. The molecular formula is C16H23FN2O. The van der Waals surface area contributed by atoms with Gasteiger partial charge < -0.3 is 10.5 Å². The van der Waals surface area contributed by atoms with Crippen molar-refractivity contribution in [3.8, 4) is 0 Å².